The number of amides is 3. The molecule has 0 aliphatic heterocycles. The maximum Gasteiger partial charge on any atom is 0.408 e. The van der Waals surface area contributed by atoms with Crippen molar-refractivity contribution in [2.45, 2.75) is 58.7 Å². The normalized spacial score (nSPS) is 12.6. The van der Waals surface area contributed by atoms with Gasteiger partial charge in [0.15, 0.2) is 0 Å². The van der Waals surface area contributed by atoms with Crippen molar-refractivity contribution in [1.82, 2.24) is 10.2 Å². The lowest BCUT2D eigenvalue weighted by Crippen LogP contribution is -2.51. The predicted molar refractivity (Wildman–Crippen MR) is 146 cm³/mol. The fraction of sp³-hybridized carbons (Fsp3) is 0.393. The zero-order valence-electron chi connectivity index (χ0n) is 21.8. The van der Waals surface area contributed by atoms with Crippen molar-refractivity contribution >= 4 is 35.4 Å². The largest absolute Gasteiger partial charge is 0.444 e. The maximum absolute atomic E-state index is 13.7. The van der Waals surface area contributed by atoms with E-state index in [0.717, 1.165) is 16.0 Å². The molecule has 0 radical (unpaired) electrons. The maximum atomic E-state index is 13.7. The van der Waals surface area contributed by atoms with Gasteiger partial charge in [-0.15, -0.1) is 0 Å². The van der Waals surface area contributed by atoms with Gasteiger partial charge in [-0.05, 0) is 69.7 Å². The molecule has 0 aliphatic carbocycles. The summed E-state index contributed by atoms with van der Waals surface area (Å²) in [4.78, 5) is 40.9. The Morgan fingerprint density at radius 3 is 2.19 bits per heavy atom. The molecule has 0 saturated carbocycles. The van der Waals surface area contributed by atoms with Crippen LogP contribution in [0.3, 0.4) is 0 Å². The number of terminal acetylenes is 1. The van der Waals surface area contributed by atoms with E-state index in [4.69, 9.17) is 11.2 Å². The number of alkyl carbamates (subject to hydrolysis) is 1. The summed E-state index contributed by atoms with van der Waals surface area (Å²) in [6.07, 6.45) is 7.32. The highest BCUT2D eigenvalue weighted by Gasteiger charge is 2.36. The van der Waals surface area contributed by atoms with Crippen molar-refractivity contribution in [2.75, 3.05) is 17.3 Å². The fourth-order valence-electron chi connectivity index (χ4n) is 3.63. The predicted octanol–water partition coefficient (Wildman–Crippen LogP) is 5.05. The summed E-state index contributed by atoms with van der Waals surface area (Å²) < 4.78 is 5.35. The number of carbonyl (C=O) groups is 3. The number of carbonyl (C=O) groups excluding carboxylic acids is 3. The first-order chi connectivity index (χ1) is 17.0. The summed E-state index contributed by atoms with van der Waals surface area (Å²) in [5.41, 5.74) is 2.25. The van der Waals surface area contributed by atoms with Gasteiger partial charge in [-0.25, -0.2) is 4.79 Å². The van der Waals surface area contributed by atoms with Gasteiger partial charge >= 0.3 is 6.09 Å². The molecule has 2 aromatic carbocycles. The van der Waals surface area contributed by atoms with Crippen LogP contribution in [0.4, 0.5) is 10.5 Å². The van der Waals surface area contributed by atoms with Crippen molar-refractivity contribution in [3.8, 4) is 12.5 Å². The second-order valence-electron chi connectivity index (χ2n) is 9.39. The van der Waals surface area contributed by atoms with E-state index in [0.29, 0.717) is 23.4 Å². The van der Waals surface area contributed by atoms with Crippen molar-refractivity contribution < 1.29 is 19.1 Å². The minimum atomic E-state index is -1.11. The molecule has 8 heteroatoms. The minimum Gasteiger partial charge on any atom is -0.444 e. The lowest BCUT2D eigenvalue weighted by molar-refractivity contribution is -0.136. The van der Waals surface area contributed by atoms with Gasteiger partial charge in [0, 0.05) is 11.7 Å². The monoisotopic (exact) mass is 509 g/mol. The second-order valence-corrected chi connectivity index (χ2v) is 10.4. The Balaban J connectivity index is 2.44. The number of nitrogens with one attached hydrogen (secondary N) is 2. The standard InChI is InChI=1S/C28H35N3O4S/c1-8-31(26(33)22(17-18-36-7)29-27(34)35-28(4,5)6)24(21-15-10-9-11-16-21)25(32)30-23-19(2)13-12-14-20(23)3/h1,9-16,22,24H,17-18H2,2-7H3,(H,29,34)(H,30,32). The zero-order chi connectivity index (χ0) is 26.9. The molecular weight excluding hydrogens is 474 g/mol. The Labute approximate surface area is 218 Å². The summed E-state index contributed by atoms with van der Waals surface area (Å²) >= 11 is 1.53. The van der Waals surface area contributed by atoms with Crippen LogP contribution in [0.5, 0.6) is 0 Å². The van der Waals surface area contributed by atoms with Crippen LogP contribution in [0.25, 0.3) is 0 Å². The summed E-state index contributed by atoms with van der Waals surface area (Å²) in [6, 6.07) is 14.9. The van der Waals surface area contributed by atoms with Crippen LogP contribution in [0, 0.1) is 26.3 Å². The second kappa shape index (κ2) is 13.0. The molecule has 36 heavy (non-hydrogen) atoms. The zero-order valence-corrected chi connectivity index (χ0v) is 22.6. The molecule has 3 amide bonds. The molecule has 2 N–H and O–H groups in total. The van der Waals surface area contributed by atoms with Crippen LogP contribution in [-0.2, 0) is 14.3 Å². The number of hydrogen-bond acceptors (Lipinski definition) is 5. The van der Waals surface area contributed by atoms with Gasteiger partial charge in [-0.1, -0.05) is 55.0 Å². The molecule has 0 saturated heterocycles. The number of para-hydroxylation sites is 1. The summed E-state index contributed by atoms with van der Waals surface area (Å²) in [7, 11) is 0. The summed E-state index contributed by atoms with van der Waals surface area (Å²) in [5.74, 6) is -0.427. The molecule has 2 aromatic rings. The number of ether oxygens (including phenoxy) is 1. The Hall–Kier alpha value is -3.44. The van der Waals surface area contributed by atoms with E-state index in [-0.39, 0.29) is 0 Å². The van der Waals surface area contributed by atoms with Crippen molar-refractivity contribution in [3.05, 3.63) is 65.2 Å². The number of nitrogens with zero attached hydrogens (tertiary/aromatic N) is 1. The first kappa shape index (κ1) is 28.8. The number of rotatable bonds is 9. The lowest BCUT2D eigenvalue weighted by atomic mass is 10.0. The van der Waals surface area contributed by atoms with Gasteiger partial charge in [0.1, 0.15) is 17.7 Å². The third-order valence-corrected chi connectivity index (χ3v) is 5.97. The highest BCUT2D eigenvalue weighted by Crippen LogP contribution is 2.26. The number of benzene rings is 2. The van der Waals surface area contributed by atoms with E-state index >= 15 is 0 Å². The summed E-state index contributed by atoms with van der Waals surface area (Å²) in [6.45, 7) is 9.01. The molecule has 0 fully saturated rings. The molecule has 2 atom stereocenters. The van der Waals surface area contributed by atoms with E-state index < -0.39 is 35.6 Å². The molecular formula is C28H35N3O4S. The van der Waals surface area contributed by atoms with Gasteiger partial charge in [0.25, 0.3) is 11.8 Å². The Kier molecular flexibility index (Phi) is 10.4. The van der Waals surface area contributed by atoms with E-state index in [1.807, 2.05) is 44.4 Å². The average molecular weight is 510 g/mol. The highest BCUT2D eigenvalue weighted by molar-refractivity contribution is 7.98. The molecule has 7 nitrogen and oxygen atoms in total. The molecule has 0 aliphatic rings. The number of anilines is 1. The lowest BCUT2D eigenvalue weighted by Gasteiger charge is -2.30. The van der Waals surface area contributed by atoms with Gasteiger partial charge in [-0.3, -0.25) is 14.5 Å². The van der Waals surface area contributed by atoms with Crippen LogP contribution in [0.2, 0.25) is 0 Å². The van der Waals surface area contributed by atoms with E-state index in [1.54, 1.807) is 45.0 Å². The average Bonchev–Trinajstić information content (AvgIpc) is 2.81. The molecule has 0 bridgehead atoms. The Bertz CT molecular complexity index is 1090. The van der Waals surface area contributed by atoms with Crippen molar-refractivity contribution in [2.24, 2.45) is 0 Å². The molecule has 2 unspecified atom stereocenters. The van der Waals surface area contributed by atoms with E-state index in [2.05, 4.69) is 16.7 Å². The first-order valence-electron chi connectivity index (χ1n) is 11.7. The molecule has 2 rings (SSSR count). The Morgan fingerprint density at radius 2 is 1.67 bits per heavy atom. The number of hydrogen-bond donors (Lipinski definition) is 2. The number of aryl methyl sites for hydroxylation is 2. The van der Waals surface area contributed by atoms with E-state index in [9.17, 15) is 14.4 Å². The molecule has 192 valence electrons. The van der Waals surface area contributed by atoms with Crippen LogP contribution >= 0.6 is 11.8 Å². The topological polar surface area (TPSA) is 87.7 Å². The third kappa shape index (κ3) is 8.06. The molecule has 0 heterocycles. The highest BCUT2D eigenvalue weighted by atomic mass is 32.2. The quantitative estimate of drug-likeness (QED) is 0.365. The SMILES string of the molecule is C#CN(C(=O)C(CCSC)NC(=O)OC(C)(C)C)C(C(=O)Nc1c(C)cccc1C)c1ccccc1. The van der Waals surface area contributed by atoms with Gasteiger partial charge in [0.2, 0.25) is 0 Å². The van der Waals surface area contributed by atoms with Crippen LogP contribution < -0.4 is 10.6 Å². The van der Waals surface area contributed by atoms with E-state index in [1.165, 1.54) is 11.8 Å². The fourth-order valence-corrected chi connectivity index (χ4v) is 4.10. The van der Waals surface area contributed by atoms with Crippen LogP contribution in [0.1, 0.15) is 49.9 Å². The van der Waals surface area contributed by atoms with Crippen LogP contribution in [0.15, 0.2) is 48.5 Å². The molecule has 0 spiro atoms. The number of thioether (sulfide) groups is 1. The van der Waals surface area contributed by atoms with Gasteiger partial charge in [0.05, 0.1) is 0 Å². The van der Waals surface area contributed by atoms with Gasteiger partial charge < -0.3 is 15.4 Å². The van der Waals surface area contributed by atoms with Crippen molar-refractivity contribution in [1.29, 1.82) is 0 Å². The van der Waals surface area contributed by atoms with Gasteiger partial charge in [-0.2, -0.15) is 11.8 Å². The smallest absolute Gasteiger partial charge is 0.408 e. The third-order valence-electron chi connectivity index (χ3n) is 5.33. The van der Waals surface area contributed by atoms with Crippen molar-refractivity contribution in [3.63, 3.8) is 0 Å². The Morgan fingerprint density at radius 1 is 1.06 bits per heavy atom. The van der Waals surface area contributed by atoms with Crippen LogP contribution in [-0.4, -0.2) is 46.5 Å². The minimum absolute atomic E-state index is 0.317. The first-order valence-corrected chi connectivity index (χ1v) is 13.1. The summed E-state index contributed by atoms with van der Waals surface area (Å²) in [5, 5.41) is 5.60. The molecule has 0 aromatic heterocycles.